The number of benzene rings is 4. The maximum atomic E-state index is 14.7. The lowest BCUT2D eigenvalue weighted by Crippen LogP contribution is -2.66. The van der Waals surface area contributed by atoms with Gasteiger partial charge in [-0.15, -0.1) is 0 Å². The van der Waals surface area contributed by atoms with Crippen molar-refractivity contribution in [2.75, 3.05) is 18.0 Å². The summed E-state index contributed by atoms with van der Waals surface area (Å²) in [5.74, 6) is -0.372. The molecule has 0 N–H and O–H groups in total. The topological polar surface area (TPSA) is 40.4 Å². The molecule has 7 rings (SSSR count). The monoisotopic (exact) mass is 847 g/mol. The van der Waals surface area contributed by atoms with Crippen LogP contribution in [-0.4, -0.2) is 29.4 Å². The van der Waals surface area contributed by atoms with Crippen molar-refractivity contribution in [1.29, 1.82) is 0 Å². The quantitative estimate of drug-likeness (QED) is 0.117. The molecule has 1 atom stereocenters. The van der Waals surface area contributed by atoms with E-state index < -0.39 is 39.5 Å². The third-order valence-corrected chi connectivity index (χ3v) is 12.5. The molecule has 53 heavy (non-hydrogen) atoms. The summed E-state index contributed by atoms with van der Waals surface area (Å²) in [5.41, 5.74) is 2.38. The van der Waals surface area contributed by atoms with Crippen molar-refractivity contribution in [3.63, 3.8) is 0 Å². The third kappa shape index (κ3) is 6.56. The summed E-state index contributed by atoms with van der Waals surface area (Å²) in [7, 11) is 0. The Morgan fingerprint density at radius 2 is 1.40 bits per heavy atom. The average Bonchev–Trinajstić information content (AvgIpc) is 3.45. The molecule has 0 saturated heterocycles. The van der Waals surface area contributed by atoms with Gasteiger partial charge in [0.1, 0.15) is 5.82 Å². The van der Waals surface area contributed by atoms with E-state index in [4.69, 9.17) is 0 Å². The van der Waals surface area contributed by atoms with Gasteiger partial charge in [-0.1, -0.05) is 94.2 Å². The van der Waals surface area contributed by atoms with Crippen molar-refractivity contribution < 1.29 is 22.1 Å². The minimum Gasteiger partial charge on any atom is -0.364 e. The van der Waals surface area contributed by atoms with Crippen LogP contribution in [0, 0.1) is 5.82 Å². The number of alkyl halides is 3. The van der Waals surface area contributed by atoms with Gasteiger partial charge >= 0.3 is 6.18 Å². The van der Waals surface area contributed by atoms with Crippen LogP contribution in [0.1, 0.15) is 55.5 Å². The Morgan fingerprint density at radius 1 is 0.792 bits per heavy atom. The first-order chi connectivity index (χ1) is 25.0. The van der Waals surface area contributed by atoms with Gasteiger partial charge in [-0.2, -0.15) is 17.7 Å². The summed E-state index contributed by atoms with van der Waals surface area (Å²) in [4.78, 5) is 30.0. The zero-order valence-corrected chi connectivity index (χ0v) is 32.8. The molecular weight excluding hydrogens is 812 g/mol. The van der Waals surface area contributed by atoms with Crippen LogP contribution in [0.15, 0.2) is 103 Å². The smallest absolute Gasteiger partial charge is 0.364 e. The molecular formula is C43H37Br2F4N2O2+. The van der Waals surface area contributed by atoms with Crippen LogP contribution >= 0.6 is 31.9 Å². The molecule has 2 heterocycles. The summed E-state index contributed by atoms with van der Waals surface area (Å²) < 4.78 is 60.1. The number of hydrogen-bond donors (Lipinski definition) is 0. The first kappa shape index (κ1) is 37.2. The Balaban J connectivity index is 1.33. The molecule has 10 heteroatoms. The van der Waals surface area contributed by atoms with Crippen LogP contribution in [0.3, 0.4) is 0 Å². The van der Waals surface area contributed by atoms with E-state index in [1.54, 1.807) is 18.2 Å². The first-order valence-corrected chi connectivity index (χ1v) is 19.0. The van der Waals surface area contributed by atoms with Crippen molar-refractivity contribution in [2.24, 2.45) is 0 Å². The van der Waals surface area contributed by atoms with Crippen LogP contribution in [0.4, 0.5) is 28.9 Å². The normalized spacial score (nSPS) is 17.3. The Bertz CT molecular complexity index is 2480. The minimum absolute atomic E-state index is 0.00630. The average molecular weight is 850 g/mol. The molecule has 2 aliphatic heterocycles. The van der Waals surface area contributed by atoms with E-state index in [1.165, 1.54) is 18.2 Å². The summed E-state index contributed by atoms with van der Waals surface area (Å²) in [6.45, 7) is 8.69. The fraction of sp³-hybridized carbons (Fsp3) is 0.279. The van der Waals surface area contributed by atoms with E-state index in [0.29, 0.717) is 42.9 Å². The standard InChI is InChI=1S/C43H37Br2F4N2O2/c1-41(2)31-15-13-27(43(47,48)49)21-35(31)50(19-17-25-9-5-7-11-33(25)44)37(41)23-29-39(52)30(40(29)53)24-38-42(3,4)32-16-14-28(46)22-36(32)51(38)20-18-26-10-6-8-12-34(26)45/h5-16,21-24,38H,17-20H2,1-4H3/q+1. The zero-order valence-electron chi connectivity index (χ0n) is 29.6. The van der Waals surface area contributed by atoms with E-state index >= 15 is 0 Å². The van der Waals surface area contributed by atoms with Crippen LogP contribution < -0.4 is 26.2 Å². The van der Waals surface area contributed by atoms with E-state index in [0.717, 1.165) is 43.5 Å². The predicted octanol–water partition coefficient (Wildman–Crippen LogP) is 8.25. The van der Waals surface area contributed by atoms with E-state index in [-0.39, 0.29) is 16.3 Å². The van der Waals surface area contributed by atoms with Gasteiger partial charge in [0.15, 0.2) is 12.3 Å². The summed E-state index contributed by atoms with van der Waals surface area (Å²) in [5, 5.41) is 0.0507. The Morgan fingerprint density at radius 3 is 2.02 bits per heavy atom. The molecule has 4 nitrogen and oxygen atoms in total. The molecule has 0 bridgehead atoms. The maximum absolute atomic E-state index is 14.7. The highest BCUT2D eigenvalue weighted by Crippen LogP contribution is 2.46. The van der Waals surface area contributed by atoms with Crippen molar-refractivity contribution in [2.45, 2.75) is 63.6 Å². The van der Waals surface area contributed by atoms with Gasteiger partial charge in [-0.3, -0.25) is 9.59 Å². The van der Waals surface area contributed by atoms with Crippen LogP contribution in [0.5, 0.6) is 0 Å². The molecule has 2 aliphatic rings. The lowest BCUT2D eigenvalue weighted by Gasteiger charge is -2.32. The molecule has 272 valence electrons. The predicted molar refractivity (Wildman–Crippen MR) is 210 cm³/mol. The summed E-state index contributed by atoms with van der Waals surface area (Å²) >= 11 is 7.20. The molecule has 1 unspecified atom stereocenters. The van der Waals surface area contributed by atoms with Crippen molar-refractivity contribution in [3.8, 4) is 0 Å². The molecule has 0 fully saturated rings. The number of fused-ring (bicyclic) bond motifs is 2. The second-order valence-electron chi connectivity index (χ2n) is 14.9. The molecule has 5 aromatic rings. The minimum atomic E-state index is -4.54. The van der Waals surface area contributed by atoms with E-state index in [2.05, 4.69) is 36.8 Å². The maximum Gasteiger partial charge on any atom is 0.416 e. The van der Waals surface area contributed by atoms with Crippen molar-refractivity contribution in [3.05, 3.63) is 158 Å². The molecule has 0 radical (unpaired) electrons. The highest BCUT2D eigenvalue weighted by molar-refractivity contribution is 9.10. The molecule has 0 aliphatic carbocycles. The number of nitrogens with zero attached hydrogens (tertiary/aromatic N) is 2. The van der Waals surface area contributed by atoms with E-state index in [9.17, 15) is 27.2 Å². The lowest BCUT2D eigenvalue weighted by atomic mass is 9.79. The molecule has 0 amide bonds. The van der Waals surface area contributed by atoms with Crippen molar-refractivity contribution in [1.82, 2.24) is 0 Å². The lowest BCUT2D eigenvalue weighted by molar-refractivity contribution is -0.436. The van der Waals surface area contributed by atoms with Gasteiger partial charge in [-0.25, -0.2) is 4.39 Å². The number of hydrogen-bond acceptors (Lipinski definition) is 3. The van der Waals surface area contributed by atoms with Gasteiger partial charge < -0.3 is 4.90 Å². The Kier molecular flexibility index (Phi) is 9.55. The van der Waals surface area contributed by atoms with Crippen LogP contribution in [0.2, 0.25) is 0 Å². The number of anilines is 1. The Labute approximate surface area is 321 Å². The molecule has 0 spiro atoms. The highest BCUT2D eigenvalue weighted by Gasteiger charge is 2.47. The second kappa shape index (κ2) is 13.6. The van der Waals surface area contributed by atoms with Gasteiger partial charge in [-0.05, 0) is 73.4 Å². The largest absolute Gasteiger partial charge is 0.416 e. The Hall–Kier alpha value is -4.15. The van der Waals surface area contributed by atoms with E-state index in [1.807, 2.05) is 80.8 Å². The summed E-state index contributed by atoms with van der Waals surface area (Å²) in [6, 6.07) is 23.6. The fourth-order valence-electron chi connectivity index (χ4n) is 7.99. The first-order valence-electron chi connectivity index (χ1n) is 17.4. The molecule has 0 saturated carbocycles. The molecule has 5 aromatic carbocycles. The third-order valence-electron chi connectivity index (χ3n) is 11.0. The van der Waals surface area contributed by atoms with Gasteiger partial charge in [0.25, 0.3) is 0 Å². The van der Waals surface area contributed by atoms with Gasteiger partial charge in [0.05, 0.1) is 27.5 Å². The zero-order chi connectivity index (χ0) is 38.0. The van der Waals surface area contributed by atoms with Gasteiger partial charge in [0, 0.05) is 50.7 Å². The number of rotatable bonds is 8. The SMILES string of the molecule is CC1(C)C(C=c2c(=O)c(=CC3N(CCc4ccccc4Br)c4cc(F)ccc4C3(C)C)c2=O)=[N+](CCc2ccccc2Br)c2cc(C(F)(F)F)ccc21. The van der Waals surface area contributed by atoms with Crippen LogP contribution in [0.25, 0.3) is 12.2 Å². The van der Waals surface area contributed by atoms with Gasteiger partial charge in [0.2, 0.25) is 16.5 Å². The fourth-order valence-corrected chi connectivity index (χ4v) is 8.96. The highest BCUT2D eigenvalue weighted by atomic mass is 79.9. The van der Waals surface area contributed by atoms with Crippen molar-refractivity contribution >= 4 is 61.1 Å². The van der Waals surface area contributed by atoms with Crippen LogP contribution in [-0.2, 0) is 29.8 Å². The number of halogens is 6. The summed E-state index contributed by atoms with van der Waals surface area (Å²) in [6.07, 6.45) is -0.109. The molecule has 0 aromatic heterocycles. The second-order valence-corrected chi connectivity index (χ2v) is 16.6.